The van der Waals surface area contributed by atoms with Crippen LogP contribution in [-0.4, -0.2) is 47.7 Å². The Morgan fingerprint density at radius 2 is 1.96 bits per heavy atom. The summed E-state index contributed by atoms with van der Waals surface area (Å²) in [4.78, 5) is 12.4. The van der Waals surface area contributed by atoms with Crippen LogP contribution < -0.4 is 5.32 Å². The smallest absolute Gasteiger partial charge is 0.242 e. The van der Waals surface area contributed by atoms with Crippen molar-refractivity contribution in [3.05, 3.63) is 47.0 Å². The first-order chi connectivity index (χ1) is 13.2. The average molecular weight is 422 g/mol. The van der Waals surface area contributed by atoms with Crippen molar-refractivity contribution in [1.29, 1.82) is 0 Å². The summed E-state index contributed by atoms with van der Waals surface area (Å²) in [5.74, 6) is -0.180. The van der Waals surface area contributed by atoms with Crippen molar-refractivity contribution in [1.82, 2.24) is 19.3 Å². The second-order valence-electron chi connectivity index (χ2n) is 6.51. The summed E-state index contributed by atoms with van der Waals surface area (Å²) < 4.78 is 27.2. The summed E-state index contributed by atoms with van der Waals surface area (Å²) in [6.45, 7) is 2.19. The normalized spacial score (nSPS) is 11.9. The second-order valence-corrected chi connectivity index (χ2v) is 9.10. The molecule has 0 fully saturated rings. The first kappa shape index (κ1) is 20.2. The van der Waals surface area contributed by atoms with Gasteiger partial charge in [-0.15, -0.1) is 5.10 Å². The molecule has 3 rings (SSSR count). The molecule has 1 amide bonds. The van der Waals surface area contributed by atoms with E-state index in [1.807, 2.05) is 13.0 Å². The number of fused-ring (bicyclic) bond motifs is 1. The molecule has 0 saturated carbocycles. The summed E-state index contributed by atoms with van der Waals surface area (Å²) in [5.41, 5.74) is 2.69. The zero-order valence-electron chi connectivity index (χ0n) is 15.7. The molecule has 1 N–H and O–H groups in total. The van der Waals surface area contributed by atoms with Gasteiger partial charge in [0.2, 0.25) is 15.9 Å². The van der Waals surface area contributed by atoms with Gasteiger partial charge in [0.1, 0.15) is 5.52 Å². The number of anilines is 1. The van der Waals surface area contributed by atoms with Gasteiger partial charge in [0.25, 0.3) is 0 Å². The fourth-order valence-electron chi connectivity index (χ4n) is 2.64. The molecule has 0 unspecified atom stereocenters. The molecule has 2 aromatic carbocycles. The van der Waals surface area contributed by atoms with E-state index < -0.39 is 10.0 Å². The summed E-state index contributed by atoms with van der Waals surface area (Å²) in [5, 5.41) is 11.4. The van der Waals surface area contributed by atoms with E-state index >= 15 is 0 Å². The number of halogens is 1. The van der Waals surface area contributed by atoms with Gasteiger partial charge in [-0.2, -0.15) is 0 Å². The van der Waals surface area contributed by atoms with E-state index in [1.165, 1.54) is 26.2 Å². The fourth-order valence-corrected chi connectivity index (χ4v) is 3.73. The number of rotatable bonds is 6. The molecule has 10 heteroatoms. The molecule has 3 aromatic rings. The molecule has 8 nitrogen and oxygen atoms in total. The summed E-state index contributed by atoms with van der Waals surface area (Å²) >= 11 is 5.97. The van der Waals surface area contributed by atoms with E-state index in [4.69, 9.17) is 11.6 Å². The Balaban J connectivity index is 1.73. The largest absolute Gasteiger partial charge is 0.326 e. The maximum Gasteiger partial charge on any atom is 0.242 e. The van der Waals surface area contributed by atoms with Gasteiger partial charge in [0.15, 0.2) is 0 Å². The molecule has 1 heterocycles. The molecule has 0 bridgehead atoms. The average Bonchev–Trinajstić information content (AvgIpc) is 3.05. The van der Waals surface area contributed by atoms with Gasteiger partial charge in [-0.3, -0.25) is 4.79 Å². The Morgan fingerprint density at radius 3 is 2.68 bits per heavy atom. The number of amides is 1. The zero-order chi connectivity index (χ0) is 20.5. The van der Waals surface area contributed by atoms with Crippen LogP contribution in [0, 0.1) is 6.92 Å². The highest BCUT2D eigenvalue weighted by molar-refractivity contribution is 7.89. The maximum atomic E-state index is 12.3. The molecule has 0 aliphatic heterocycles. The van der Waals surface area contributed by atoms with Crippen LogP contribution in [0.1, 0.15) is 12.0 Å². The van der Waals surface area contributed by atoms with Gasteiger partial charge in [-0.1, -0.05) is 22.9 Å². The number of aryl methyl sites for hydroxylation is 2. The van der Waals surface area contributed by atoms with Gasteiger partial charge < -0.3 is 5.32 Å². The molecule has 28 heavy (non-hydrogen) atoms. The third kappa shape index (κ3) is 4.16. The van der Waals surface area contributed by atoms with Crippen LogP contribution in [-0.2, 0) is 21.4 Å². The van der Waals surface area contributed by atoms with Crippen LogP contribution in [0.5, 0.6) is 0 Å². The van der Waals surface area contributed by atoms with Crippen LogP contribution in [0.3, 0.4) is 0 Å². The van der Waals surface area contributed by atoms with Gasteiger partial charge in [-0.05, 0) is 42.8 Å². The number of benzene rings is 2. The van der Waals surface area contributed by atoms with Crippen LogP contribution in [0.4, 0.5) is 5.69 Å². The lowest BCUT2D eigenvalue weighted by atomic mass is 10.2. The lowest BCUT2D eigenvalue weighted by Gasteiger charge is -2.11. The molecule has 0 aliphatic rings. The van der Waals surface area contributed by atoms with E-state index in [-0.39, 0.29) is 17.2 Å². The molecule has 1 aromatic heterocycles. The molecule has 0 radical (unpaired) electrons. The van der Waals surface area contributed by atoms with Gasteiger partial charge in [0.05, 0.1) is 17.0 Å². The molecular formula is C18H20ClN5O3S. The predicted octanol–water partition coefficient (Wildman–Crippen LogP) is 2.67. The minimum absolute atomic E-state index is 0.145. The zero-order valence-corrected chi connectivity index (χ0v) is 17.3. The van der Waals surface area contributed by atoms with Gasteiger partial charge in [0, 0.05) is 31.2 Å². The topological polar surface area (TPSA) is 97.2 Å². The van der Waals surface area contributed by atoms with E-state index in [1.54, 1.807) is 22.9 Å². The van der Waals surface area contributed by atoms with Crippen LogP contribution >= 0.6 is 11.6 Å². The summed E-state index contributed by atoms with van der Waals surface area (Å²) in [6, 6.07) is 9.93. The monoisotopic (exact) mass is 421 g/mol. The van der Waals surface area contributed by atoms with E-state index in [0.29, 0.717) is 28.3 Å². The number of carbonyl (C=O) groups is 1. The van der Waals surface area contributed by atoms with Crippen molar-refractivity contribution in [3.8, 4) is 0 Å². The van der Waals surface area contributed by atoms with Gasteiger partial charge >= 0.3 is 0 Å². The minimum Gasteiger partial charge on any atom is -0.326 e. The van der Waals surface area contributed by atoms with E-state index in [2.05, 4.69) is 15.6 Å². The van der Waals surface area contributed by atoms with Crippen molar-refractivity contribution >= 4 is 44.3 Å². The third-order valence-corrected chi connectivity index (χ3v) is 6.33. The number of hydrogen-bond donors (Lipinski definition) is 1. The highest BCUT2D eigenvalue weighted by Gasteiger charge is 2.19. The first-order valence-corrected chi connectivity index (χ1v) is 10.3. The number of hydrogen-bond acceptors (Lipinski definition) is 5. The van der Waals surface area contributed by atoms with E-state index in [9.17, 15) is 13.2 Å². The molecule has 0 spiro atoms. The highest BCUT2D eigenvalue weighted by Crippen LogP contribution is 2.21. The maximum absolute atomic E-state index is 12.3. The van der Waals surface area contributed by atoms with Crippen molar-refractivity contribution in [2.24, 2.45) is 0 Å². The number of nitrogens with zero attached hydrogens (tertiary/aromatic N) is 4. The van der Waals surface area contributed by atoms with Crippen LogP contribution in [0.25, 0.3) is 11.0 Å². The van der Waals surface area contributed by atoms with Crippen molar-refractivity contribution in [2.45, 2.75) is 24.8 Å². The Labute approximate surface area is 168 Å². The molecule has 0 aliphatic carbocycles. The quantitative estimate of drug-likeness (QED) is 0.659. The van der Waals surface area contributed by atoms with Crippen molar-refractivity contribution < 1.29 is 13.2 Å². The molecule has 0 atom stereocenters. The lowest BCUT2D eigenvalue weighted by molar-refractivity contribution is -0.116. The number of aromatic nitrogens is 3. The van der Waals surface area contributed by atoms with Crippen molar-refractivity contribution in [3.63, 3.8) is 0 Å². The lowest BCUT2D eigenvalue weighted by Crippen LogP contribution is -2.22. The third-order valence-electron chi connectivity index (χ3n) is 4.29. The van der Waals surface area contributed by atoms with Crippen LogP contribution in [0.15, 0.2) is 41.3 Å². The molecule has 148 valence electrons. The van der Waals surface area contributed by atoms with Crippen molar-refractivity contribution in [2.75, 3.05) is 19.4 Å². The Bertz CT molecular complexity index is 1140. The standard InChI is InChI=1S/C18H20ClN5O3S/c1-12-4-5-13(19)10-15(12)20-18(25)8-9-24-17-7-6-14(11-16(17)21-22-24)28(26,27)23(2)3/h4-7,10-11H,8-9H2,1-3H3,(H,20,25). The fraction of sp³-hybridized carbons (Fsp3) is 0.278. The first-order valence-electron chi connectivity index (χ1n) is 8.50. The van der Waals surface area contributed by atoms with E-state index in [0.717, 1.165) is 9.87 Å². The van der Waals surface area contributed by atoms with Gasteiger partial charge in [-0.25, -0.2) is 17.4 Å². The minimum atomic E-state index is -3.55. The summed E-state index contributed by atoms with van der Waals surface area (Å²) in [6.07, 6.45) is 0.183. The van der Waals surface area contributed by atoms with Crippen LogP contribution in [0.2, 0.25) is 5.02 Å². The Kier molecular flexibility index (Phi) is 5.69. The summed E-state index contributed by atoms with van der Waals surface area (Å²) in [7, 11) is -0.608. The molecular weight excluding hydrogens is 402 g/mol. The number of nitrogens with one attached hydrogen (secondary N) is 1. The number of sulfonamides is 1. The second kappa shape index (κ2) is 7.86. The predicted molar refractivity (Wildman–Crippen MR) is 108 cm³/mol. The molecule has 0 saturated heterocycles. The Hall–Kier alpha value is -2.49. The Morgan fingerprint density at radius 1 is 1.21 bits per heavy atom. The SMILES string of the molecule is Cc1ccc(Cl)cc1NC(=O)CCn1nnc2cc(S(=O)(=O)N(C)C)ccc21. The highest BCUT2D eigenvalue weighted by atomic mass is 35.5. The number of carbonyl (C=O) groups excluding carboxylic acids is 1.